The van der Waals surface area contributed by atoms with Crippen LogP contribution >= 0.6 is 0 Å². The number of hydrogen-bond donors (Lipinski definition) is 0. The van der Waals surface area contributed by atoms with Gasteiger partial charge in [-0.3, -0.25) is 9.79 Å². The summed E-state index contributed by atoms with van der Waals surface area (Å²) in [6.07, 6.45) is 3.45. The Kier molecular flexibility index (Phi) is 6.52. The Morgan fingerprint density at radius 3 is 2.54 bits per heavy atom. The molecular formula is C22H35NO3. The highest BCUT2D eigenvalue weighted by atomic mass is 16.5. The summed E-state index contributed by atoms with van der Waals surface area (Å²) in [5.41, 5.74) is 5.09. The van der Waals surface area contributed by atoms with Crippen LogP contribution in [0.2, 0.25) is 0 Å². The minimum Gasteiger partial charge on any atom is -0.457 e. The van der Waals surface area contributed by atoms with Gasteiger partial charge in [0.05, 0.1) is 11.6 Å². The zero-order valence-corrected chi connectivity index (χ0v) is 17.6. The van der Waals surface area contributed by atoms with Crippen molar-refractivity contribution >= 4 is 11.7 Å². The average molecular weight is 362 g/mol. The molecule has 26 heavy (non-hydrogen) atoms. The van der Waals surface area contributed by atoms with Gasteiger partial charge in [0.25, 0.3) is 0 Å². The van der Waals surface area contributed by atoms with Crippen molar-refractivity contribution < 1.29 is 14.3 Å². The second-order valence-electron chi connectivity index (χ2n) is 8.39. The van der Waals surface area contributed by atoms with Gasteiger partial charge < -0.3 is 9.47 Å². The Morgan fingerprint density at radius 2 is 1.96 bits per heavy atom. The molecule has 3 aliphatic heterocycles. The van der Waals surface area contributed by atoms with Crippen LogP contribution in [0.15, 0.2) is 22.4 Å². The Hall–Kier alpha value is -1.38. The lowest BCUT2D eigenvalue weighted by molar-refractivity contribution is -0.160. The van der Waals surface area contributed by atoms with Gasteiger partial charge in [0, 0.05) is 18.5 Å². The molecule has 7 atom stereocenters. The zero-order valence-electron chi connectivity index (χ0n) is 17.6. The lowest BCUT2D eigenvalue weighted by Gasteiger charge is -2.51. The highest BCUT2D eigenvalue weighted by Crippen LogP contribution is 2.42. The predicted octanol–water partition coefficient (Wildman–Crippen LogP) is 4.59. The molecule has 4 heteroatoms. The number of esters is 1. The van der Waals surface area contributed by atoms with E-state index < -0.39 is 0 Å². The SMILES string of the molecule is CCC1OC(=O)C(C)C(C)C2OC(C)(CC(C)C(C)C=C=C1C)/C2=N\C. The molecule has 1 fully saturated rings. The maximum atomic E-state index is 12.7. The minimum atomic E-state index is -0.340. The molecule has 7 unspecified atom stereocenters. The summed E-state index contributed by atoms with van der Waals surface area (Å²) in [4.78, 5) is 17.2. The third-order valence-electron chi connectivity index (χ3n) is 6.37. The molecule has 0 aromatic rings. The van der Waals surface area contributed by atoms with Crippen LogP contribution < -0.4 is 0 Å². The van der Waals surface area contributed by atoms with E-state index in [1.807, 2.05) is 27.8 Å². The molecule has 0 amide bonds. The van der Waals surface area contributed by atoms with Crippen LogP contribution in [0.3, 0.4) is 0 Å². The van der Waals surface area contributed by atoms with E-state index in [1.54, 1.807) is 0 Å². The van der Waals surface area contributed by atoms with Crippen molar-refractivity contribution in [1.29, 1.82) is 0 Å². The third-order valence-corrected chi connectivity index (χ3v) is 6.37. The summed E-state index contributed by atoms with van der Waals surface area (Å²) >= 11 is 0. The summed E-state index contributed by atoms with van der Waals surface area (Å²) in [6.45, 7) is 14.6. The fourth-order valence-corrected chi connectivity index (χ4v) is 4.03. The van der Waals surface area contributed by atoms with Crippen LogP contribution in [-0.2, 0) is 14.3 Å². The van der Waals surface area contributed by atoms with Crippen molar-refractivity contribution in [3.05, 3.63) is 17.4 Å². The van der Waals surface area contributed by atoms with E-state index in [4.69, 9.17) is 9.47 Å². The average Bonchev–Trinajstić information content (AvgIpc) is 2.59. The van der Waals surface area contributed by atoms with E-state index in [9.17, 15) is 4.79 Å². The monoisotopic (exact) mass is 361 g/mol. The van der Waals surface area contributed by atoms with Gasteiger partial charge in [-0.05, 0) is 44.6 Å². The summed E-state index contributed by atoms with van der Waals surface area (Å²) in [5.74, 6) is 0.414. The van der Waals surface area contributed by atoms with Crippen molar-refractivity contribution in [2.75, 3.05) is 7.05 Å². The fraction of sp³-hybridized carbons (Fsp3) is 0.773. The molecule has 3 aliphatic rings. The first-order valence-corrected chi connectivity index (χ1v) is 9.93. The highest BCUT2D eigenvalue weighted by molar-refractivity contribution is 6.01. The molecule has 0 saturated carbocycles. The molecule has 0 N–H and O–H groups in total. The molecule has 2 bridgehead atoms. The van der Waals surface area contributed by atoms with E-state index in [1.165, 1.54) is 0 Å². The normalized spacial score (nSPS) is 43.3. The predicted molar refractivity (Wildman–Crippen MR) is 105 cm³/mol. The van der Waals surface area contributed by atoms with Crippen LogP contribution in [0.1, 0.15) is 61.3 Å². The minimum absolute atomic E-state index is 0.0299. The van der Waals surface area contributed by atoms with Crippen molar-refractivity contribution in [2.24, 2.45) is 28.7 Å². The van der Waals surface area contributed by atoms with Crippen molar-refractivity contribution in [3.63, 3.8) is 0 Å². The number of aliphatic imine (C=N–C) groups is 1. The molecule has 3 heterocycles. The Balaban J connectivity index is 2.41. The summed E-state index contributed by atoms with van der Waals surface area (Å²) < 4.78 is 12.1. The largest absolute Gasteiger partial charge is 0.457 e. The maximum Gasteiger partial charge on any atom is 0.309 e. The van der Waals surface area contributed by atoms with Gasteiger partial charge >= 0.3 is 5.97 Å². The number of ether oxygens (including phenoxy) is 2. The molecule has 0 aromatic heterocycles. The zero-order chi connectivity index (χ0) is 19.6. The molecule has 0 radical (unpaired) electrons. The van der Waals surface area contributed by atoms with Gasteiger partial charge in [-0.2, -0.15) is 0 Å². The van der Waals surface area contributed by atoms with E-state index in [-0.39, 0.29) is 35.6 Å². The van der Waals surface area contributed by atoms with E-state index in [0.717, 1.165) is 24.1 Å². The van der Waals surface area contributed by atoms with E-state index in [0.29, 0.717) is 11.8 Å². The number of carbonyl (C=O) groups excluding carboxylic acids is 1. The first-order valence-electron chi connectivity index (χ1n) is 9.93. The standard InChI is InChI=1S/C22H35NO3/c1-9-18-14(3)11-10-13(2)15(4)12-22(7)20(23-8)19(26-22)16(5)17(6)21(24)25-18/h10,13,15-19H,9,12H2,1-8H3/b23-20-. The molecule has 3 rings (SSSR count). The first-order chi connectivity index (χ1) is 12.1. The van der Waals surface area contributed by atoms with Crippen LogP contribution in [0.25, 0.3) is 0 Å². The van der Waals surface area contributed by atoms with Crippen LogP contribution in [0, 0.1) is 23.7 Å². The van der Waals surface area contributed by atoms with E-state index >= 15 is 0 Å². The van der Waals surface area contributed by atoms with Gasteiger partial charge in [0.1, 0.15) is 17.8 Å². The molecule has 146 valence electrons. The molecule has 0 spiro atoms. The first kappa shape index (κ1) is 20.9. The number of carbonyl (C=O) groups is 1. The molecule has 4 nitrogen and oxygen atoms in total. The van der Waals surface area contributed by atoms with Crippen LogP contribution in [-0.4, -0.2) is 36.5 Å². The molecular weight excluding hydrogens is 326 g/mol. The van der Waals surface area contributed by atoms with Gasteiger partial charge in [-0.1, -0.05) is 34.6 Å². The Bertz CT molecular complexity index is 631. The lowest BCUT2D eigenvalue weighted by atomic mass is 9.72. The van der Waals surface area contributed by atoms with Gasteiger partial charge in [0.2, 0.25) is 0 Å². The number of nitrogens with zero attached hydrogens (tertiary/aromatic N) is 1. The maximum absolute atomic E-state index is 12.7. The summed E-state index contributed by atoms with van der Waals surface area (Å²) in [5, 5.41) is 0. The van der Waals surface area contributed by atoms with Crippen molar-refractivity contribution in [2.45, 2.75) is 79.1 Å². The number of hydrogen-bond acceptors (Lipinski definition) is 4. The van der Waals surface area contributed by atoms with E-state index in [2.05, 4.69) is 44.5 Å². The van der Waals surface area contributed by atoms with Gasteiger partial charge in [-0.25, -0.2) is 0 Å². The number of fused-ring (bicyclic) bond motifs is 8. The topological polar surface area (TPSA) is 47.9 Å². The number of rotatable bonds is 1. The highest BCUT2D eigenvalue weighted by Gasteiger charge is 2.52. The summed E-state index contributed by atoms with van der Waals surface area (Å²) in [6, 6.07) is 0. The fourth-order valence-electron chi connectivity index (χ4n) is 4.03. The van der Waals surface area contributed by atoms with Gasteiger partial charge in [-0.15, -0.1) is 5.73 Å². The van der Waals surface area contributed by atoms with Crippen molar-refractivity contribution in [1.82, 2.24) is 0 Å². The second kappa shape index (κ2) is 8.10. The Morgan fingerprint density at radius 1 is 1.31 bits per heavy atom. The Labute approximate surface area is 158 Å². The summed E-state index contributed by atoms with van der Waals surface area (Å²) in [7, 11) is 1.83. The smallest absolute Gasteiger partial charge is 0.309 e. The molecule has 1 saturated heterocycles. The molecule has 0 aromatic carbocycles. The third kappa shape index (κ3) is 3.97. The van der Waals surface area contributed by atoms with Crippen LogP contribution in [0.4, 0.5) is 0 Å². The van der Waals surface area contributed by atoms with Crippen LogP contribution in [0.5, 0.6) is 0 Å². The quantitative estimate of drug-likeness (QED) is 0.507. The molecule has 0 aliphatic carbocycles. The second-order valence-corrected chi connectivity index (χ2v) is 8.39. The van der Waals surface area contributed by atoms with Crippen molar-refractivity contribution in [3.8, 4) is 0 Å². The van der Waals surface area contributed by atoms with Gasteiger partial charge in [0.15, 0.2) is 0 Å². The lowest BCUT2D eigenvalue weighted by Crippen LogP contribution is -2.63.